The third kappa shape index (κ3) is 3.77. The Morgan fingerprint density at radius 3 is 2.84 bits per heavy atom. The Hall–Kier alpha value is -0.920. The first-order chi connectivity index (χ1) is 9.13. The molecule has 1 aromatic heterocycles. The van der Waals surface area contributed by atoms with Crippen LogP contribution in [0.4, 0.5) is 0 Å². The lowest BCUT2D eigenvalue weighted by Gasteiger charge is -2.10. The molecule has 0 radical (unpaired) electrons. The molecule has 0 bridgehead atoms. The minimum atomic E-state index is -3.47. The second-order valence-corrected chi connectivity index (χ2v) is 6.80. The van der Waals surface area contributed by atoms with E-state index in [4.69, 9.17) is 0 Å². The van der Waals surface area contributed by atoms with E-state index in [1.54, 1.807) is 13.2 Å². The zero-order valence-corrected chi connectivity index (χ0v) is 12.1. The number of hydrogen-bond donors (Lipinski definition) is 3. The Balaban J connectivity index is 1.91. The van der Waals surface area contributed by atoms with Crippen molar-refractivity contribution in [1.29, 1.82) is 0 Å². The lowest BCUT2D eigenvalue weighted by atomic mass is 10.1. The predicted molar refractivity (Wildman–Crippen MR) is 73.1 cm³/mol. The van der Waals surface area contributed by atoms with Gasteiger partial charge in [0.15, 0.2) is 5.03 Å². The van der Waals surface area contributed by atoms with Crippen molar-refractivity contribution >= 4 is 10.0 Å². The summed E-state index contributed by atoms with van der Waals surface area (Å²) in [6, 6.07) is 0. The number of nitrogens with zero attached hydrogens (tertiary/aromatic N) is 1. The minimum absolute atomic E-state index is 0.174. The number of sulfonamides is 1. The highest BCUT2D eigenvalue weighted by Crippen LogP contribution is 2.27. The largest absolute Gasteiger partial charge is 0.316 e. The van der Waals surface area contributed by atoms with Crippen molar-refractivity contribution in [3.8, 4) is 0 Å². The van der Waals surface area contributed by atoms with Gasteiger partial charge in [0.2, 0.25) is 0 Å². The fourth-order valence-electron chi connectivity index (χ4n) is 2.62. The van der Waals surface area contributed by atoms with Crippen LogP contribution in [0, 0.1) is 5.92 Å². The quantitative estimate of drug-likeness (QED) is 0.697. The molecule has 0 aliphatic heterocycles. The van der Waals surface area contributed by atoms with Gasteiger partial charge in [-0.15, -0.1) is 0 Å². The van der Waals surface area contributed by atoms with Crippen LogP contribution in [0.5, 0.6) is 0 Å². The van der Waals surface area contributed by atoms with E-state index in [2.05, 4.69) is 20.2 Å². The molecule has 2 rings (SSSR count). The molecule has 0 saturated heterocycles. The van der Waals surface area contributed by atoms with Crippen LogP contribution in [0.25, 0.3) is 0 Å². The first-order valence-electron chi connectivity index (χ1n) is 6.80. The number of nitrogens with one attached hydrogen (secondary N) is 3. The average Bonchev–Trinajstić information content (AvgIpc) is 3.00. The number of hydrogen-bond acceptors (Lipinski definition) is 4. The number of rotatable bonds is 7. The van der Waals surface area contributed by atoms with Gasteiger partial charge < -0.3 is 5.32 Å². The molecule has 0 atom stereocenters. The zero-order chi connectivity index (χ0) is 13.7. The van der Waals surface area contributed by atoms with Crippen molar-refractivity contribution in [1.82, 2.24) is 20.2 Å². The van der Waals surface area contributed by atoms with E-state index < -0.39 is 10.0 Å². The Morgan fingerprint density at radius 1 is 1.42 bits per heavy atom. The summed E-state index contributed by atoms with van der Waals surface area (Å²) in [4.78, 5) is 0. The first-order valence-corrected chi connectivity index (χ1v) is 8.28. The van der Waals surface area contributed by atoms with E-state index in [9.17, 15) is 8.42 Å². The van der Waals surface area contributed by atoms with Crippen molar-refractivity contribution in [3.05, 3.63) is 11.8 Å². The van der Waals surface area contributed by atoms with E-state index in [0.29, 0.717) is 24.6 Å². The van der Waals surface area contributed by atoms with Gasteiger partial charge in [-0.3, -0.25) is 5.10 Å². The normalized spacial score (nSPS) is 17.1. The standard InChI is InChI=1S/C12H22N4O2S/c1-13-8-11-9-14-16-12(11)19(17,18)15-7-6-10-4-2-3-5-10/h9-10,13,15H,2-8H2,1H3,(H,14,16). The fourth-order valence-corrected chi connectivity index (χ4v) is 3.79. The molecule has 1 aliphatic rings. The molecule has 1 aliphatic carbocycles. The van der Waals surface area contributed by atoms with Gasteiger partial charge in [0, 0.05) is 18.7 Å². The predicted octanol–water partition coefficient (Wildman–Crippen LogP) is 0.988. The van der Waals surface area contributed by atoms with Gasteiger partial charge in [-0.1, -0.05) is 25.7 Å². The zero-order valence-electron chi connectivity index (χ0n) is 11.3. The average molecular weight is 286 g/mol. The molecule has 1 saturated carbocycles. The highest BCUT2D eigenvalue weighted by Gasteiger charge is 2.21. The van der Waals surface area contributed by atoms with Crippen molar-refractivity contribution in [2.24, 2.45) is 5.92 Å². The minimum Gasteiger partial charge on any atom is -0.316 e. The molecule has 1 heterocycles. The summed E-state index contributed by atoms with van der Waals surface area (Å²) in [6.45, 7) is 0.986. The number of H-pyrrole nitrogens is 1. The Morgan fingerprint density at radius 2 is 2.16 bits per heavy atom. The highest BCUT2D eigenvalue weighted by atomic mass is 32.2. The van der Waals surface area contributed by atoms with Gasteiger partial charge >= 0.3 is 0 Å². The summed E-state index contributed by atoms with van der Waals surface area (Å²) < 4.78 is 27.0. The van der Waals surface area contributed by atoms with E-state index in [0.717, 1.165) is 6.42 Å². The van der Waals surface area contributed by atoms with E-state index in [-0.39, 0.29) is 5.03 Å². The van der Waals surface area contributed by atoms with Crippen LogP contribution >= 0.6 is 0 Å². The summed E-state index contributed by atoms with van der Waals surface area (Å²) in [5.74, 6) is 0.682. The van der Waals surface area contributed by atoms with E-state index >= 15 is 0 Å². The molecule has 6 nitrogen and oxygen atoms in total. The number of aromatic nitrogens is 2. The molecule has 0 spiro atoms. The lowest BCUT2D eigenvalue weighted by molar-refractivity contribution is 0.495. The van der Waals surface area contributed by atoms with Crippen LogP contribution in [-0.4, -0.2) is 32.2 Å². The summed E-state index contributed by atoms with van der Waals surface area (Å²) in [6.07, 6.45) is 7.50. The summed E-state index contributed by atoms with van der Waals surface area (Å²) in [7, 11) is -1.69. The highest BCUT2D eigenvalue weighted by molar-refractivity contribution is 7.89. The van der Waals surface area contributed by atoms with Crippen LogP contribution < -0.4 is 10.0 Å². The smallest absolute Gasteiger partial charge is 0.257 e. The van der Waals surface area contributed by atoms with Gasteiger partial charge in [-0.25, -0.2) is 13.1 Å². The van der Waals surface area contributed by atoms with Gasteiger partial charge in [0.1, 0.15) is 0 Å². The molecule has 108 valence electrons. The van der Waals surface area contributed by atoms with Crippen molar-refractivity contribution < 1.29 is 8.42 Å². The molecular formula is C12H22N4O2S. The molecule has 0 unspecified atom stereocenters. The van der Waals surface area contributed by atoms with Gasteiger partial charge in [0.05, 0.1) is 6.20 Å². The Kier molecular flexibility index (Phi) is 4.95. The van der Waals surface area contributed by atoms with Crippen LogP contribution in [-0.2, 0) is 16.6 Å². The molecule has 0 aromatic carbocycles. The molecule has 0 amide bonds. The topological polar surface area (TPSA) is 86.9 Å². The first kappa shape index (κ1) is 14.5. The Labute approximate surface area is 114 Å². The van der Waals surface area contributed by atoms with Crippen LogP contribution in [0.1, 0.15) is 37.7 Å². The summed E-state index contributed by atoms with van der Waals surface area (Å²) >= 11 is 0. The monoisotopic (exact) mass is 286 g/mol. The molecular weight excluding hydrogens is 264 g/mol. The molecule has 7 heteroatoms. The fraction of sp³-hybridized carbons (Fsp3) is 0.750. The van der Waals surface area contributed by atoms with Gasteiger partial charge in [0.25, 0.3) is 10.0 Å². The molecule has 1 aromatic rings. The van der Waals surface area contributed by atoms with E-state index in [1.165, 1.54) is 25.7 Å². The maximum atomic E-state index is 12.2. The van der Waals surface area contributed by atoms with Crippen molar-refractivity contribution in [2.45, 2.75) is 43.7 Å². The van der Waals surface area contributed by atoms with Gasteiger partial charge in [-0.05, 0) is 19.4 Å². The second kappa shape index (κ2) is 6.49. The molecule has 3 N–H and O–H groups in total. The third-order valence-electron chi connectivity index (χ3n) is 3.63. The van der Waals surface area contributed by atoms with Crippen molar-refractivity contribution in [2.75, 3.05) is 13.6 Å². The summed E-state index contributed by atoms with van der Waals surface area (Å²) in [5.41, 5.74) is 0.663. The van der Waals surface area contributed by atoms with Crippen LogP contribution in [0.2, 0.25) is 0 Å². The maximum absolute atomic E-state index is 12.2. The SMILES string of the molecule is CNCc1cn[nH]c1S(=O)(=O)NCCC1CCCC1. The summed E-state index contributed by atoms with van der Waals surface area (Å²) in [5, 5.41) is 9.48. The molecule has 1 fully saturated rings. The Bertz CT molecular complexity index is 492. The van der Waals surface area contributed by atoms with E-state index in [1.807, 2.05) is 0 Å². The van der Waals surface area contributed by atoms with Crippen molar-refractivity contribution in [3.63, 3.8) is 0 Å². The van der Waals surface area contributed by atoms with Gasteiger partial charge in [-0.2, -0.15) is 5.10 Å². The number of aromatic amines is 1. The van der Waals surface area contributed by atoms with Crippen LogP contribution in [0.15, 0.2) is 11.2 Å². The third-order valence-corrected chi connectivity index (χ3v) is 5.11. The maximum Gasteiger partial charge on any atom is 0.257 e. The lowest BCUT2D eigenvalue weighted by Crippen LogP contribution is -2.27. The van der Waals surface area contributed by atoms with Crippen LogP contribution in [0.3, 0.4) is 0 Å². The molecule has 19 heavy (non-hydrogen) atoms. The second-order valence-electron chi connectivity index (χ2n) is 5.09.